The molecule has 0 radical (unpaired) electrons. The smallest absolute Gasteiger partial charge is 0.0270 e. The highest BCUT2D eigenvalue weighted by molar-refractivity contribution is 5.11. The maximum Gasteiger partial charge on any atom is 0.0270 e. The molecular weight excluding hydrogens is 174 g/mol. The Bertz CT molecular complexity index is 258. The summed E-state index contributed by atoms with van der Waals surface area (Å²) in [5, 5.41) is 0. The molecule has 14 heavy (non-hydrogen) atoms. The van der Waals surface area contributed by atoms with Gasteiger partial charge in [-0.1, -0.05) is 6.08 Å². The summed E-state index contributed by atoms with van der Waals surface area (Å²) in [7, 11) is 0. The third-order valence-corrected chi connectivity index (χ3v) is 2.19. The third-order valence-electron chi connectivity index (χ3n) is 2.19. The predicted octanol–water partition coefficient (Wildman–Crippen LogP) is 1.42. The van der Waals surface area contributed by atoms with Crippen LogP contribution in [-0.4, -0.2) is 11.0 Å². The predicted molar refractivity (Wildman–Crippen MR) is 58.5 cm³/mol. The Morgan fingerprint density at radius 1 is 1.50 bits per heavy atom. The van der Waals surface area contributed by atoms with E-state index in [1.807, 2.05) is 18.2 Å². The molecule has 0 aliphatic carbocycles. The van der Waals surface area contributed by atoms with Gasteiger partial charge < -0.3 is 0 Å². The first-order valence-electron chi connectivity index (χ1n) is 4.82. The Labute approximate surface area is 85.0 Å². The molecule has 1 unspecified atom stereocenters. The standard InChI is InChI=1S/C11H17N3/c1-2-3-4-11(14-12)9-10-5-7-13-8-6-10/h2,5-8,11,14H,1,3-4,9,12H2. The van der Waals surface area contributed by atoms with Crippen LogP contribution in [0.1, 0.15) is 18.4 Å². The Balaban J connectivity index is 2.44. The molecule has 0 fully saturated rings. The summed E-state index contributed by atoms with van der Waals surface area (Å²) in [6.07, 6.45) is 8.46. The minimum atomic E-state index is 0.315. The Hall–Kier alpha value is -1.19. The van der Waals surface area contributed by atoms with Crippen molar-refractivity contribution in [3.63, 3.8) is 0 Å². The first kappa shape index (κ1) is 10.9. The highest BCUT2D eigenvalue weighted by Crippen LogP contribution is 2.06. The Morgan fingerprint density at radius 2 is 2.21 bits per heavy atom. The normalized spacial score (nSPS) is 12.4. The van der Waals surface area contributed by atoms with Gasteiger partial charge >= 0.3 is 0 Å². The molecule has 0 aromatic carbocycles. The maximum atomic E-state index is 5.46. The molecule has 0 amide bonds. The second-order valence-corrected chi connectivity index (χ2v) is 3.29. The van der Waals surface area contributed by atoms with Crippen molar-refractivity contribution in [3.05, 3.63) is 42.7 Å². The summed E-state index contributed by atoms with van der Waals surface area (Å²) in [4.78, 5) is 3.97. The molecule has 1 atom stereocenters. The zero-order chi connectivity index (χ0) is 10.2. The second kappa shape index (κ2) is 6.29. The SMILES string of the molecule is C=CCCC(Cc1ccncc1)NN. The largest absolute Gasteiger partial charge is 0.271 e. The van der Waals surface area contributed by atoms with Gasteiger partial charge in [0.15, 0.2) is 0 Å². The van der Waals surface area contributed by atoms with Gasteiger partial charge in [-0.2, -0.15) is 0 Å². The van der Waals surface area contributed by atoms with E-state index >= 15 is 0 Å². The van der Waals surface area contributed by atoms with Crippen LogP contribution in [-0.2, 0) is 6.42 Å². The number of hydrogen-bond donors (Lipinski definition) is 2. The number of nitrogens with one attached hydrogen (secondary N) is 1. The molecule has 1 heterocycles. The zero-order valence-electron chi connectivity index (χ0n) is 8.32. The molecule has 0 bridgehead atoms. The molecule has 0 aliphatic rings. The van der Waals surface area contributed by atoms with E-state index in [2.05, 4.69) is 17.0 Å². The topological polar surface area (TPSA) is 50.9 Å². The summed E-state index contributed by atoms with van der Waals surface area (Å²) >= 11 is 0. The highest BCUT2D eigenvalue weighted by Gasteiger charge is 2.05. The van der Waals surface area contributed by atoms with Gasteiger partial charge in [-0.15, -0.1) is 6.58 Å². The molecule has 3 nitrogen and oxygen atoms in total. The van der Waals surface area contributed by atoms with Crippen molar-refractivity contribution < 1.29 is 0 Å². The third kappa shape index (κ3) is 3.68. The fraction of sp³-hybridized carbons (Fsp3) is 0.364. The van der Waals surface area contributed by atoms with E-state index in [1.165, 1.54) is 5.56 Å². The summed E-state index contributed by atoms with van der Waals surface area (Å²) in [5.74, 6) is 5.46. The van der Waals surface area contributed by atoms with Crippen LogP contribution in [0.3, 0.4) is 0 Å². The second-order valence-electron chi connectivity index (χ2n) is 3.29. The van der Waals surface area contributed by atoms with Crippen LogP contribution in [0.2, 0.25) is 0 Å². The van der Waals surface area contributed by atoms with Crippen LogP contribution in [0, 0.1) is 0 Å². The number of hydrazine groups is 1. The van der Waals surface area contributed by atoms with Crippen molar-refractivity contribution in [1.82, 2.24) is 10.4 Å². The summed E-state index contributed by atoms with van der Waals surface area (Å²) < 4.78 is 0. The summed E-state index contributed by atoms with van der Waals surface area (Å²) in [6.45, 7) is 3.70. The van der Waals surface area contributed by atoms with E-state index in [1.54, 1.807) is 12.4 Å². The van der Waals surface area contributed by atoms with Gasteiger partial charge in [0.1, 0.15) is 0 Å². The lowest BCUT2D eigenvalue weighted by molar-refractivity contribution is 0.495. The molecule has 3 heteroatoms. The van der Waals surface area contributed by atoms with Crippen molar-refractivity contribution in [3.8, 4) is 0 Å². The van der Waals surface area contributed by atoms with Crippen LogP contribution >= 0.6 is 0 Å². The average molecular weight is 191 g/mol. The van der Waals surface area contributed by atoms with Crippen molar-refractivity contribution in [2.75, 3.05) is 0 Å². The molecular formula is C11H17N3. The molecule has 0 aliphatic heterocycles. The molecule has 0 saturated carbocycles. The minimum absolute atomic E-state index is 0.315. The lowest BCUT2D eigenvalue weighted by Gasteiger charge is -2.14. The molecule has 1 rings (SSSR count). The van der Waals surface area contributed by atoms with Crippen LogP contribution < -0.4 is 11.3 Å². The molecule has 76 valence electrons. The van der Waals surface area contributed by atoms with E-state index < -0.39 is 0 Å². The molecule has 1 aromatic rings. The van der Waals surface area contributed by atoms with Crippen LogP contribution in [0.4, 0.5) is 0 Å². The summed E-state index contributed by atoms with van der Waals surface area (Å²) in [5.41, 5.74) is 4.07. The molecule has 0 saturated heterocycles. The van der Waals surface area contributed by atoms with Crippen molar-refractivity contribution >= 4 is 0 Å². The van der Waals surface area contributed by atoms with E-state index in [0.29, 0.717) is 6.04 Å². The first-order valence-corrected chi connectivity index (χ1v) is 4.82. The number of nitrogens with two attached hydrogens (primary N) is 1. The number of hydrogen-bond acceptors (Lipinski definition) is 3. The highest BCUT2D eigenvalue weighted by atomic mass is 15.2. The zero-order valence-corrected chi connectivity index (χ0v) is 8.32. The van der Waals surface area contributed by atoms with Gasteiger partial charge in [0.05, 0.1) is 0 Å². The van der Waals surface area contributed by atoms with E-state index in [0.717, 1.165) is 19.3 Å². The fourth-order valence-electron chi connectivity index (χ4n) is 1.37. The number of pyridine rings is 1. The monoisotopic (exact) mass is 191 g/mol. The van der Waals surface area contributed by atoms with Crippen molar-refractivity contribution in [2.24, 2.45) is 5.84 Å². The van der Waals surface area contributed by atoms with Gasteiger partial charge in [-0.25, -0.2) is 0 Å². The van der Waals surface area contributed by atoms with Gasteiger partial charge in [0, 0.05) is 18.4 Å². The number of allylic oxidation sites excluding steroid dienone is 1. The summed E-state index contributed by atoms with van der Waals surface area (Å²) in [6, 6.07) is 4.34. The average Bonchev–Trinajstić information content (AvgIpc) is 2.25. The van der Waals surface area contributed by atoms with E-state index in [4.69, 9.17) is 5.84 Å². The van der Waals surface area contributed by atoms with E-state index in [-0.39, 0.29) is 0 Å². The van der Waals surface area contributed by atoms with Crippen LogP contribution in [0.15, 0.2) is 37.2 Å². The van der Waals surface area contributed by atoms with Gasteiger partial charge in [0.2, 0.25) is 0 Å². The molecule has 1 aromatic heterocycles. The first-order chi connectivity index (χ1) is 6.86. The van der Waals surface area contributed by atoms with Crippen LogP contribution in [0.5, 0.6) is 0 Å². The quantitative estimate of drug-likeness (QED) is 0.406. The Kier molecular flexibility index (Phi) is 4.89. The Morgan fingerprint density at radius 3 is 2.79 bits per heavy atom. The number of rotatable bonds is 6. The van der Waals surface area contributed by atoms with E-state index in [9.17, 15) is 0 Å². The van der Waals surface area contributed by atoms with Crippen molar-refractivity contribution in [2.45, 2.75) is 25.3 Å². The lowest BCUT2D eigenvalue weighted by Crippen LogP contribution is -2.36. The lowest BCUT2D eigenvalue weighted by atomic mass is 10.0. The van der Waals surface area contributed by atoms with Gasteiger partial charge in [-0.05, 0) is 37.0 Å². The van der Waals surface area contributed by atoms with Gasteiger partial charge in [0.25, 0.3) is 0 Å². The number of aromatic nitrogens is 1. The number of nitrogens with zero attached hydrogens (tertiary/aromatic N) is 1. The molecule has 0 spiro atoms. The van der Waals surface area contributed by atoms with Crippen molar-refractivity contribution in [1.29, 1.82) is 0 Å². The maximum absolute atomic E-state index is 5.46. The van der Waals surface area contributed by atoms with Gasteiger partial charge in [-0.3, -0.25) is 16.3 Å². The minimum Gasteiger partial charge on any atom is -0.271 e. The fourth-order valence-corrected chi connectivity index (χ4v) is 1.37. The van der Waals surface area contributed by atoms with Crippen LogP contribution in [0.25, 0.3) is 0 Å². The molecule has 3 N–H and O–H groups in total.